The molecular formula is C17H22Cl2FN3O2. The third-order valence-electron chi connectivity index (χ3n) is 4.65. The van der Waals surface area contributed by atoms with Gasteiger partial charge in [0.25, 0.3) is 5.91 Å². The van der Waals surface area contributed by atoms with E-state index in [2.05, 4.69) is 5.32 Å². The number of benzene rings is 1. The molecule has 2 aliphatic rings. The summed E-state index contributed by atoms with van der Waals surface area (Å²) in [5.41, 5.74) is 0.0214. The van der Waals surface area contributed by atoms with Crippen molar-refractivity contribution in [3.63, 3.8) is 0 Å². The van der Waals surface area contributed by atoms with Crippen LogP contribution in [0.4, 0.5) is 4.39 Å². The van der Waals surface area contributed by atoms with Crippen LogP contribution in [0.5, 0.6) is 0 Å². The number of hydrogen-bond acceptors (Lipinski definition) is 3. The normalized spacial score (nSPS) is 20.8. The topological polar surface area (TPSA) is 52.7 Å². The van der Waals surface area contributed by atoms with E-state index in [1.807, 2.05) is 0 Å². The molecular weight excluding hydrogens is 368 g/mol. The largest absolute Gasteiger partial charge is 0.338 e. The van der Waals surface area contributed by atoms with Gasteiger partial charge in [0.05, 0.1) is 11.6 Å². The molecule has 0 radical (unpaired) electrons. The highest BCUT2D eigenvalue weighted by Crippen LogP contribution is 2.18. The van der Waals surface area contributed by atoms with Crippen molar-refractivity contribution in [3.8, 4) is 0 Å². The molecule has 2 saturated heterocycles. The second-order valence-corrected chi connectivity index (χ2v) is 6.68. The summed E-state index contributed by atoms with van der Waals surface area (Å²) in [4.78, 5) is 28.3. The van der Waals surface area contributed by atoms with Gasteiger partial charge in [-0.25, -0.2) is 4.39 Å². The van der Waals surface area contributed by atoms with Gasteiger partial charge in [-0.15, -0.1) is 12.4 Å². The minimum atomic E-state index is -0.614. The first-order valence-corrected chi connectivity index (χ1v) is 8.70. The molecule has 1 unspecified atom stereocenters. The van der Waals surface area contributed by atoms with Gasteiger partial charge in [0.2, 0.25) is 5.91 Å². The Morgan fingerprint density at radius 1 is 1.12 bits per heavy atom. The zero-order valence-electron chi connectivity index (χ0n) is 13.8. The van der Waals surface area contributed by atoms with Crippen molar-refractivity contribution in [2.45, 2.75) is 25.3 Å². The molecule has 2 fully saturated rings. The fourth-order valence-electron chi connectivity index (χ4n) is 3.25. The average molecular weight is 390 g/mol. The quantitative estimate of drug-likeness (QED) is 0.844. The van der Waals surface area contributed by atoms with E-state index in [4.69, 9.17) is 11.6 Å². The molecule has 0 saturated carbocycles. The summed E-state index contributed by atoms with van der Waals surface area (Å²) in [6, 6.07) is 3.95. The molecule has 8 heteroatoms. The van der Waals surface area contributed by atoms with E-state index in [-0.39, 0.29) is 40.8 Å². The number of nitrogens with one attached hydrogen (secondary N) is 1. The van der Waals surface area contributed by atoms with Crippen LogP contribution >= 0.6 is 24.0 Å². The van der Waals surface area contributed by atoms with E-state index in [0.29, 0.717) is 26.2 Å². The van der Waals surface area contributed by atoms with Gasteiger partial charge in [0.1, 0.15) is 5.82 Å². The van der Waals surface area contributed by atoms with Crippen LogP contribution < -0.4 is 5.32 Å². The van der Waals surface area contributed by atoms with Gasteiger partial charge in [0, 0.05) is 31.2 Å². The van der Waals surface area contributed by atoms with Crippen molar-refractivity contribution in [1.82, 2.24) is 15.1 Å². The monoisotopic (exact) mass is 389 g/mol. The van der Waals surface area contributed by atoms with Gasteiger partial charge < -0.3 is 15.1 Å². The Hall–Kier alpha value is -1.37. The van der Waals surface area contributed by atoms with Crippen LogP contribution in [-0.2, 0) is 4.79 Å². The maximum atomic E-state index is 13.9. The summed E-state index contributed by atoms with van der Waals surface area (Å²) >= 11 is 5.72. The predicted molar refractivity (Wildman–Crippen MR) is 96.8 cm³/mol. The first-order valence-electron chi connectivity index (χ1n) is 8.33. The van der Waals surface area contributed by atoms with E-state index in [9.17, 15) is 14.0 Å². The van der Waals surface area contributed by atoms with Crippen LogP contribution in [0.2, 0.25) is 5.02 Å². The molecule has 0 bridgehead atoms. The van der Waals surface area contributed by atoms with Crippen molar-refractivity contribution in [1.29, 1.82) is 0 Å². The van der Waals surface area contributed by atoms with E-state index in [0.717, 1.165) is 31.9 Å². The van der Waals surface area contributed by atoms with Gasteiger partial charge in [-0.1, -0.05) is 18.0 Å². The summed E-state index contributed by atoms with van der Waals surface area (Å²) < 4.78 is 13.9. The highest BCUT2D eigenvalue weighted by Gasteiger charge is 2.30. The van der Waals surface area contributed by atoms with Gasteiger partial charge >= 0.3 is 0 Å². The molecule has 0 aliphatic carbocycles. The highest BCUT2D eigenvalue weighted by molar-refractivity contribution is 6.30. The van der Waals surface area contributed by atoms with Crippen molar-refractivity contribution >= 4 is 35.8 Å². The predicted octanol–water partition coefficient (Wildman–Crippen LogP) is 2.33. The van der Waals surface area contributed by atoms with Crippen molar-refractivity contribution in [2.24, 2.45) is 0 Å². The lowest BCUT2D eigenvalue weighted by atomic mass is 10.0. The van der Waals surface area contributed by atoms with E-state index >= 15 is 0 Å². The highest BCUT2D eigenvalue weighted by atomic mass is 35.5. The number of nitrogens with zero attached hydrogens (tertiary/aromatic N) is 2. The molecule has 1 atom stereocenters. The molecule has 25 heavy (non-hydrogen) atoms. The molecule has 1 aromatic rings. The third-order valence-corrected chi connectivity index (χ3v) is 4.88. The maximum Gasteiger partial charge on any atom is 0.256 e. The van der Waals surface area contributed by atoms with Gasteiger partial charge in [-0.05, 0) is 37.6 Å². The van der Waals surface area contributed by atoms with E-state index in [1.165, 1.54) is 12.1 Å². The molecule has 1 N–H and O–H groups in total. The van der Waals surface area contributed by atoms with Gasteiger partial charge in [0.15, 0.2) is 0 Å². The Balaban J connectivity index is 0.00000225. The summed E-state index contributed by atoms with van der Waals surface area (Å²) in [7, 11) is 0. The number of carbonyl (C=O) groups excluding carboxylic acids is 2. The maximum absolute atomic E-state index is 13.9. The van der Waals surface area contributed by atoms with Crippen LogP contribution in [0.15, 0.2) is 18.2 Å². The zero-order valence-corrected chi connectivity index (χ0v) is 15.4. The first-order chi connectivity index (χ1) is 11.6. The minimum Gasteiger partial charge on any atom is -0.338 e. The summed E-state index contributed by atoms with van der Waals surface area (Å²) in [6.07, 6.45) is 3.05. The molecule has 138 valence electrons. The van der Waals surface area contributed by atoms with Crippen LogP contribution in [0, 0.1) is 5.82 Å². The SMILES string of the molecule is Cl.O=C(c1ccc(Cl)cc1F)N1CCN(C(=O)C2CCCCN2)CC1. The zero-order chi connectivity index (χ0) is 17.1. The van der Waals surface area contributed by atoms with Crippen LogP contribution in [0.1, 0.15) is 29.6 Å². The summed E-state index contributed by atoms with van der Waals surface area (Å²) in [5, 5.41) is 3.52. The Labute approximate surface area is 157 Å². The average Bonchev–Trinajstić information content (AvgIpc) is 2.61. The number of piperidine rings is 1. The Kier molecular flexibility index (Phi) is 7.04. The molecule has 2 heterocycles. The fraction of sp³-hybridized carbons (Fsp3) is 0.529. The van der Waals surface area contributed by atoms with Gasteiger partial charge in [-0.3, -0.25) is 9.59 Å². The second-order valence-electron chi connectivity index (χ2n) is 6.24. The fourth-order valence-corrected chi connectivity index (χ4v) is 3.40. The third kappa shape index (κ3) is 4.63. The lowest BCUT2D eigenvalue weighted by Crippen LogP contribution is -2.55. The number of rotatable bonds is 2. The molecule has 0 aromatic heterocycles. The van der Waals surface area contributed by atoms with Crippen LogP contribution in [0.3, 0.4) is 0 Å². The Morgan fingerprint density at radius 3 is 2.40 bits per heavy atom. The standard InChI is InChI=1S/C17H21ClFN3O2.ClH/c18-12-4-5-13(14(19)11-12)16(23)21-7-9-22(10-8-21)17(24)15-3-1-2-6-20-15;/h4-5,11,15,20H,1-3,6-10H2;1H. The molecule has 2 amide bonds. The number of amides is 2. The van der Waals surface area contributed by atoms with E-state index in [1.54, 1.807) is 9.80 Å². The van der Waals surface area contributed by atoms with Crippen molar-refractivity contribution in [2.75, 3.05) is 32.7 Å². The first kappa shape index (κ1) is 19.9. The van der Waals surface area contributed by atoms with E-state index < -0.39 is 5.82 Å². The van der Waals surface area contributed by atoms with Gasteiger partial charge in [-0.2, -0.15) is 0 Å². The number of piperazine rings is 1. The summed E-state index contributed by atoms with van der Waals surface area (Å²) in [6.45, 7) is 2.68. The molecule has 0 spiro atoms. The lowest BCUT2D eigenvalue weighted by Gasteiger charge is -2.37. The molecule has 3 rings (SSSR count). The van der Waals surface area contributed by atoms with Crippen molar-refractivity contribution < 1.29 is 14.0 Å². The number of carbonyl (C=O) groups is 2. The lowest BCUT2D eigenvalue weighted by molar-refractivity contribution is -0.135. The summed E-state index contributed by atoms with van der Waals surface area (Å²) in [5.74, 6) is -0.857. The smallest absolute Gasteiger partial charge is 0.256 e. The van der Waals surface area contributed by atoms with Crippen LogP contribution in [-0.4, -0.2) is 60.4 Å². The number of hydrogen-bond donors (Lipinski definition) is 1. The second kappa shape index (κ2) is 8.83. The molecule has 5 nitrogen and oxygen atoms in total. The van der Waals surface area contributed by atoms with Crippen LogP contribution in [0.25, 0.3) is 0 Å². The number of halogens is 3. The Morgan fingerprint density at radius 2 is 1.80 bits per heavy atom. The van der Waals surface area contributed by atoms with Crippen molar-refractivity contribution in [3.05, 3.63) is 34.6 Å². The molecule has 1 aromatic carbocycles. The molecule has 2 aliphatic heterocycles. The minimum absolute atomic E-state index is 0. The Bertz CT molecular complexity index is 630.